The number of H-pyrrole nitrogens is 1. The van der Waals surface area contributed by atoms with Gasteiger partial charge < -0.3 is 19.1 Å². The van der Waals surface area contributed by atoms with Gasteiger partial charge in [0.2, 0.25) is 0 Å². The number of aliphatic hydroxyl groups is 1. The van der Waals surface area contributed by atoms with Gasteiger partial charge in [0.25, 0.3) is 0 Å². The molecule has 1 heterocycles. The highest BCUT2D eigenvalue weighted by Gasteiger charge is 2.38. The molecule has 0 radical (unpaired) electrons. The molecule has 0 atom stereocenters. The average molecular weight is 448 g/mol. The molecule has 7 heteroatoms. The van der Waals surface area contributed by atoms with Gasteiger partial charge in [-0.15, -0.1) is 0 Å². The smallest absolute Gasteiger partial charge is 0.195 e. The molecule has 6 nitrogen and oxygen atoms in total. The minimum atomic E-state index is -1.46. The molecule has 32 heavy (non-hydrogen) atoms. The van der Waals surface area contributed by atoms with Crippen molar-refractivity contribution >= 4 is 12.2 Å². The third-order valence-electron chi connectivity index (χ3n) is 5.54. The zero-order valence-corrected chi connectivity index (χ0v) is 18.8. The summed E-state index contributed by atoms with van der Waals surface area (Å²) in [6, 6.07) is 24.8. The first-order valence-corrected chi connectivity index (χ1v) is 10.7. The number of aromatic nitrogens is 3. The molecule has 2 N–H and O–H groups in total. The molecule has 0 bridgehead atoms. The van der Waals surface area contributed by atoms with Crippen molar-refractivity contribution in [3.05, 3.63) is 106 Å². The molecule has 0 amide bonds. The third-order valence-corrected chi connectivity index (χ3v) is 5.85. The third kappa shape index (κ3) is 4.04. The van der Waals surface area contributed by atoms with E-state index in [4.69, 9.17) is 21.7 Å². The fourth-order valence-electron chi connectivity index (χ4n) is 3.86. The summed E-state index contributed by atoms with van der Waals surface area (Å²) in [6.45, 7) is 0.530. The Morgan fingerprint density at radius 1 is 0.906 bits per heavy atom. The van der Waals surface area contributed by atoms with Crippen molar-refractivity contribution in [2.24, 2.45) is 0 Å². The summed E-state index contributed by atoms with van der Waals surface area (Å²) < 4.78 is 13.1. The fourth-order valence-corrected chi connectivity index (χ4v) is 4.09. The Balaban J connectivity index is 1.74. The lowest BCUT2D eigenvalue weighted by Crippen LogP contribution is -2.33. The number of hydrogen-bond acceptors (Lipinski definition) is 5. The number of aromatic amines is 1. The monoisotopic (exact) mass is 447 g/mol. The van der Waals surface area contributed by atoms with Crippen LogP contribution in [0.3, 0.4) is 0 Å². The molecule has 1 aromatic heterocycles. The number of methoxy groups -OCH3 is 2. The molecule has 0 aliphatic heterocycles. The van der Waals surface area contributed by atoms with Gasteiger partial charge in [0.15, 0.2) is 27.7 Å². The lowest BCUT2D eigenvalue weighted by atomic mass is 9.85. The van der Waals surface area contributed by atoms with Crippen molar-refractivity contribution in [3.8, 4) is 11.5 Å². The Labute approximate surface area is 192 Å². The van der Waals surface area contributed by atoms with Crippen LogP contribution in [0.1, 0.15) is 22.5 Å². The standard InChI is InChI=1S/C25H25N3O3S/c1-30-21-14-13-18(17-22(21)31-2)15-16-28-23(26-27-24(28)32)25(29,19-9-5-3-6-10-19)20-11-7-4-8-12-20/h3-14,17,29H,15-16H2,1-2H3,(H,27,32). The summed E-state index contributed by atoms with van der Waals surface area (Å²) in [7, 11) is 3.23. The van der Waals surface area contributed by atoms with Gasteiger partial charge in [-0.3, -0.25) is 5.10 Å². The van der Waals surface area contributed by atoms with Crippen molar-refractivity contribution in [1.82, 2.24) is 14.8 Å². The normalized spacial score (nSPS) is 11.3. The summed E-state index contributed by atoms with van der Waals surface area (Å²) >= 11 is 5.53. The second-order valence-electron chi connectivity index (χ2n) is 7.39. The first-order chi connectivity index (χ1) is 15.6. The van der Waals surface area contributed by atoms with Gasteiger partial charge in [0, 0.05) is 6.54 Å². The van der Waals surface area contributed by atoms with Crippen molar-refractivity contribution in [3.63, 3.8) is 0 Å². The Kier molecular flexibility index (Phi) is 6.39. The molecule has 0 spiro atoms. The van der Waals surface area contributed by atoms with Gasteiger partial charge in [-0.05, 0) is 47.5 Å². The first kappa shape index (κ1) is 21.8. The van der Waals surface area contributed by atoms with E-state index in [-0.39, 0.29) is 0 Å². The van der Waals surface area contributed by atoms with Crippen LogP contribution in [0.15, 0.2) is 78.9 Å². The van der Waals surface area contributed by atoms with Crippen LogP contribution in [0.25, 0.3) is 0 Å². The minimum absolute atomic E-state index is 0.445. The molecule has 4 aromatic rings. The maximum absolute atomic E-state index is 12.1. The number of benzene rings is 3. The quantitative estimate of drug-likeness (QED) is 0.390. The number of hydrogen-bond donors (Lipinski definition) is 2. The van der Waals surface area contributed by atoms with Gasteiger partial charge >= 0.3 is 0 Å². The van der Waals surface area contributed by atoms with Crippen LogP contribution >= 0.6 is 12.2 Å². The van der Waals surface area contributed by atoms with E-state index in [0.29, 0.717) is 46.2 Å². The molecule has 0 saturated carbocycles. The number of ether oxygens (including phenoxy) is 2. The van der Waals surface area contributed by atoms with Crippen molar-refractivity contribution in [2.75, 3.05) is 14.2 Å². The van der Waals surface area contributed by atoms with Crippen LogP contribution in [-0.4, -0.2) is 34.1 Å². The molecule has 0 aliphatic rings. The van der Waals surface area contributed by atoms with Crippen LogP contribution in [0.2, 0.25) is 0 Å². The summed E-state index contributed by atoms with van der Waals surface area (Å²) in [5, 5.41) is 19.4. The van der Waals surface area contributed by atoms with Crippen LogP contribution in [0.5, 0.6) is 11.5 Å². The largest absolute Gasteiger partial charge is 0.493 e. The molecular weight excluding hydrogens is 422 g/mol. The van der Waals surface area contributed by atoms with E-state index in [1.165, 1.54) is 0 Å². The van der Waals surface area contributed by atoms with Crippen molar-refractivity contribution in [1.29, 1.82) is 0 Å². The molecule has 3 aromatic carbocycles. The summed E-state index contributed by atoms with van der Waals surface area (Å²) in [5.74, 6) is 1.80. The predicted molar refractivity (Wildman–Crippen MR) is 126 cm³/mol. The Bertz CT molecular complexity index is 1200. The van der Waals surface area contributed by atoms with E-state index in [0.717, 1.165) is 5.56 Å². The van der Waals surface area contributed by atoms with Gasteiger partial charge in [-0.1, -0.05) is 66.7 Å². The zero-order chi connectivity index (χ0) is 22.6. The number of rotatable bonds is 8. The fraction of sp³-hybridized carbons (Fsp3) is 0.200. The molecule has 0 fully saturated rings. The first-order valence-electron chi connectivity index (χ1n) is 10.3. The lowest BCUT2D eigenvalue weighted by Gasteiger charge is -2.29. The van der Waals surface area contributed by atoms with Crippen molar-refractivity contribution in [2.45, 2.75) is 18.6 Å². The number of nitrogens with zero attached hydrogens (tertiary/aromatic N) is 2. The van der Waals surface area contributed by atoms with E-state index in [9.17, 15) is 5.11 Å². The van der Waals surface area contributed by atoms with Crippen LogP contribution in [0.4, 0.5) is 0 Å². The summed E-state index contributed by atoms with van der Waals surface area (Å²) in [6.07, 6.45) is 0.668. The Hall–Kier alpha value is -3.42. The summed E-state index contributed by atoms with van der Waals surface area (Å²) in [5.41, 5.74) is 1.02. The minimum Gasteiger partial charge on any atom is -0.493 e. The Morgan fingerprint density at radius 2 is 1.50 bits per heavy atom. The van der Waals surface area contributed by atoms with Gasteiger partial charge in [0.1, 0.15) is 0 Å². The topological polar surface area (TPSA) is 72.3 Å². The Morgan fingerprint density at radius 3 is 2.06 bits per heavy atom. The maximum Gasteiger partial charge on any atom is 0.195 e. The highest BCUT2D eigenvalue weighted by atomic mass is 32.1. The maximum atomic E-state index is 12.1. The highest BCUT2D eigenvalue weighted by molar-refractivity contribution is 7.71. The van der Waals surface area contributed by atoms with Crippen molar-refractivity contribution < 1.29 is 14.6 Å². The van der Waals surface area contributed by atoms with Crippen LogP contribution in [-0.2, 0) is 18.6 Å². The molecular formula is C25H25N3O3S. The van der Waals surface area contributed by atoms with Crippen LogP contribution < -0.4 is 9.47 Å². The van der Waals surface area contributed by atoms with E-state index >= 15 is 0 Å². The molecule has 0 unspecified atom stereocenters. The van der Waals surface area contributed by atoms with E-state index in [1.54, 1.807) is 14.2 Å². The molecule has 164 valence electrons. The molecule has 4 rings (SSSR count). The van der Waals surface area contributed by atoms with Gasteiger partial charge in [-0.25, -0.2) is 0 Å². The SMILES string of the molecule is COc1ccc(CCn2c(C(O)(c3ccccc3)c3ccccc3)n[nH]c2=S)cc1OC. The highest BCUT2D eigenvalue weighted by Crippen LogP contribution is 2.35. The second kappa shape index (κ2) is 9.38. The summed E-state index contributed by atoms with van der Waals surface area (Å²) in [4.78, 5) is 0. The van der Waals surface area contributed by atoms with E-state index in [1.807, 2.05) is 83.4 Å². The zero-order valence-electron chi connectivity index (χ0n) is 18.0. The van der Waals surface area contributed by atoms with Crippen LogP contribution in [0, 0.1) is 4.77 Å². The predicted octanol–water partition coefficient (Wildman–Crippen LogP) is 4.48. The molecule has 0 saturated heterocycles. The van der Waals surface area contributed by atoms with Gasteiger partial charge in [0.05, 0.1) is 14.2 Å². The number of aryl methyl sites for hydroxylation is 1. The van der Waals surface area contributed by atoms with Gasteiger partial charge in [-0.2, -0.15) is 5.10 Å². The van der Waals surface area contributed by atoms with E-state index in [2.05, 4.69) is 10.2 Å². The lowest BCUT2D eigenvalue weighted by molar-refractivity contribution is 0.110. The van der Waals surface area contributed by atoms with E-state index < -0.39 is 5.60 Å². The average Bonchev–Trinajstić information content (AvgIpc) is 3.23. The second-order valence-corrected chi connectivity index (χ2v) is 7.77. The molecule has 0 aliphatic carbocycles. The number of nitrogens with one attached hydrogen (secondary N) is 1.